The molecule has 0 bridgehead atoms. The van der Waals surface area contributed by atoms with Crippen LogP contribution in [0.15, 0.2) is 47.1 Å². The summed E-state index contributed by atoms with van der Waals surface area (Å²) in [6.07, 6.45) is 1.95. The van der Waals surface area contributed by atoms with E-state index in [2.05, 4.69) is 15.5 Å². The lowest BCUT2D eigenvalue weighted by Crippen LogP contribution is -2.26. The van der Waals surface area contributed by atoms with E-state index in [0.717, 1.165) is 0 Å². The van der Waals surface area contributed by atoms with Gasteiger partial charge in [0.25, 0.3) is 5.91 Å². The van der Waals surface area contributed by atoms with Crippen molar-refractivity contribution in [2.45, 2.75) is 13.3 Å². The van der Waals surface area contributed by atoms with E-state index in [-0.39, 0.29) is 11.7 Å². The van der Waals surface area contributed by atoms with Crippen LogP contribution in [0.3, 0.4) is 0 Å². The van der Waals surface area contributed by atoms with Crippen molar-refractivity contribution in [1.82, 2.24) is 15.5 Å². The molecule has 0 spiro atoms. The first kappa shape index (κ1) is 15.0. The zero-order valence-electron chi connectivity index (χ0n) is 12.6. The molecule has 3 rings (SSSR count). The zero-order chi connectivity index (χ0) is 16.2. The minimum absolute atomic E-state index is 0.265. The average molecular weight is 313 g/mol. The van der Waals surface area contributed by atoms with Gasteiger partial charge in [0.1, 0.15) is 11.5 Å². The first-order valence-electron chi connectivity index (χ1n) is 7.27. The Kier molecular flexibility index (Phi) is 4.23. The van der Waals surface area contributed by atoms with Crippen LogP contribution in [0.4, 0.5) is 4.39 Å². The molecule has 0 unspecified atom stereocenters. The van der Waals surface area contributed by atoms with Gasteiger partial charge in [-0.05, 0) is 37.1 Å². The molecular formula is C17H16FN3O2. The van der Waals surface area contributed by atoms with Crippen molar-refractivity contribution in [2.75, 3.05) is 6.54 Å². The van der Waals surface area contributed by atoms with Gasteiger partial charge in [-0.2, -0.15) is 5.10 Å². The normalized spacial score (nSPS) is 10.7. The second-order valence-corrected chi connectivity index (χ2v) is 5.15. The first-order valence-corrected chi connectivity index (χ1v) is 7.27. The quantitative estimate of drug-likeness (QED) is 0.760. The highest BCUT2D eigenvalue weighted by Crippen LogP contribution is 2.23. The van der Waals surface area contributed by atoms with Gasteiger partial charge in [-0.15, -0.1) is 0 Å². The van der Waals surface area contributed by atoms with Crippen LogP contribution in [-0.4, -0.2) is 22.6 Å². The van der Waals surface area contributed by atoms with Crippen molar-refractivity contribution in [3.63, 3.8) is 0 Å². The molecule has 5 nitrogen and oxygen atoms in total. The summed E-state index contributed by atoms with van der Waals surface area (Å²) in [6.45, 7) is 2.10. The third-order valence-corrected chi connectivity index (χ3v) is 3.57. The number of carbonyl (C=O) groups excluding carboxylic acids is 1. The molecule has 0 aliphatic carbocycles. The second-order valence-electron chi connectivity index (χ2n) is 5.15. The molecule has 118 valence electrons. The van der Waals surface area contributed by atoms with Gasteiger partial charge in [-0.25, -0.2) is 4.39 Å². The molecule has 0 aliphatic rings. The minimum Gasteiger partial charge on any atom is -0.463 e. The summed E-state index contributed by atoms with van der Waals surface area (Å²) < 4.78 is 18.9. The lowest BCUT2D eigenvalue weighted by atomic mass is 10.1. The highest BCUT2D eigenvalue weighted by Gasteiger charge is 2.20. The van der Waals surface area contributed by atoms with Crippen LogP contribution in [0, 0.1) is 12.7 Å². The van der Waals surface area contributed by atoms with E-state index in [0.29, 0.717) is 41.2 Å². The summed E-state index contributed by atoms with van der Waals surface area (Å²) in [5.41, 5.74) is 2.13. The number of furan rings is 1. The molecular weight excluding hydrogens is 297 g/mol. The fraction of sp³-hybridized carbons (Fsp3) is 0.176. The molecule has 6 heteroatoms. The van der Waals surface area contributed by atoms with Crippen LogP contribution in [0.25, 0.3) is 11.5 Å². The van der Waals surface area contributed by atoms with Gasteiger partial charge in [-0.1, -0.05) is 18.2 Å². The lowest BCUT2D eigenvalue weighted by Gasteiger charge is -2.06. The van der Waals surface area contributed by atoms with Crippen LogP contribution in [0.5, 0.6) is 0 Å². The molecule has 2 aromatic heterocycles. The van der Waals surface area contributed by atoms with Crippen LogP contribution in [0.1, 0.15) is 21.6 Å². The van der Waals surface area contributed by atoms with Crippen molar-refractivity contribution < 1.29 is 13.6 Å². The number of nitrogens with one attached hydrogen (secondary N) is 2. The SMILES string of the molecule is Cc1[nH]nc(-c2ccco2)c1C(=O)NCCc1ccccc1F. The van der Waals surface area contributed by atoms with Gasteiger partial charge < -0.3 is 9.73 Å². The van der Waals surface area contributed by atoms with Crippen molar-refractivity contribution in [3.05, 3.63) is 65.3 Å². The maximum Gasteiger partial charge on any atom is 0.255 e. The van der Waals surface area contributed by atoms with Crippen molar-refractivity contribution in [3.8, 4) is 11.5 Å². The predicted octanol–water partition coefficient (Wildman–Crippen LogP) is 3.09. The van der Waals surface area contributed by atoms with Gasteiger partial charge in [0.05, 0.1) is 11.8 Å². The Bertz CT molecular complexity index is 809. The Morgan fingerprint density at radius 3 is 2.87 bits per heavy atom. The first-order chi connectivity index (χ1) is 11.2. The van der Waals surface area contributed by atoms with Crippen molar-refractivity contribution in [1.29, 1.82) is 0 Å². The van der Waals surface area contributed by atoms with E-state index in [1.165, 1.54) is 12.3 Å². The second kappa shape index (κ2) is 6.48. The average Bonchev–Trinajstić information content (AvgIpc) is 3.18. The third-order valence-electron chi connectivity index (χ3n) is 3.57. The molecule has 0 aliphatic heterocycles. The van der Waals surface area contributed by atoms with Crippen molar-refractivity contribution in [2.24, 2.45) is 0 Å². The van der Waals surface area contributed by atoms with E-state index in [1.807, 2.05) is 0 Å². The Labute approximate surface area is 132 Å². The molecule has 23 heavy (non-hydrogen) atoms. The Morgan fingerprint density at radius 2 is 2.13 bits per heavy atom. The van der Waals surface area contributed by atoms with Crippen LogP contribution in [-0.2, 0) is 6.42 Å². The Morgan fingerprint density at radius 1 is 1.30 bits per heavy atom. The van der Waals surface area contributed by atoms with Gasteiger partial charge >= 0.3 is 0 Å². The van der Waals surface area contributed by atoms with Crippen LogP contribution >= 0.6 is 0 Å². The molecule has 1 aromatic carbocycles. The highest BCUT2D eigenvalue weighted by atomic mass is 19.1. The minimum atomic E-state index is -0.266. The number of nitrogens with zero attached hydrogens (tertiary/aromatic N) is 1. The monoisotopic (exact) mass is 313 g/mol. The summed E-state index contributed by atoms with van der Waals surface area (Å²) in [4.78, 5) is 12.4. The third kappa shape index (κ3) is 3.15. The number of aromatic nitrogens is 2. The molecule has 2 heterocycles. The number of rotatable bonds is 5. The van der Waals surface area contributed by atoms with E-state index in [9.17, 15) is 9.18 Å². The van der Waals surface area contributed by atoms with Gasteiger partial charge in [0, 0.05) is 12.2 Å². The molecule has 3 aromatic rings. The summed E-state index contributed by atoms with van der Waals surface area (Å²) in [5, 5.41) is 9.71. The number of hydrogen-bond donors (Lipinski definition) is 2. The molecule has 0 fully saturated rings. The number of benzene rings is 1. The maximum absolute atomic E-state index is 13.6. The largest absolute Gasteiger partial charge is 0.463 e. The summed E-state index contributed by atoms with van der Waals surface area (Å²) >= 11 is 0. The number of hydrogen-bond acceptors (Lipinski definition) is 3. The zero-order valence-corrected chi connectivity index (χ0v) is 12.6. The Balaban J connectivity index is 1.70. The summed E-state index contributed by atoms with van der Waals surface area (Å²) in [5.74, 6) is -0.00916. The number of amides is 1. The lowest BCUT2D eigenvalue weighted by molar-refractivity contribution is 0.0954. The molecule has 0 radical (unpaired) electrons. The van der Waals surface area contributed by atoms with E-state index in [4.69, 9.17) is 4.42 Å². The van der Waals surface area contributed by atoms with Gasteiger partial charge in [0.2, 0.25) is 0 Å². The van der Waals surface area contributed by atoms with Gasteiger partial charge in [-0.3, -0.25) is 9.89 Å². The number of H-pyrrole nitrogens is 1. The van der Waals surface area contributed by atoms with E-state index < -0.39 is 0 Å². The fourth-order valence-corrected chi connectivity index (χ4v) is 2.40. The number of halogens is 1. The molecule has 0 saturated carbocycles. The predicted molar refractivity (Wildman–Crippen MR) is 83.5 cm³/mol. The maximum atomic E-state index is 13.6. The highest BCUT2D eigenvalue weighted by molar-refractivity contribution is 6.00. The standard InChI is InChI=1S/C17H16FN3O2/c1-11-15(16(21-20-11)14-7-4-10-23-14)17(22)19-9-8-12-5-2-3-6-13(12)18/h2-7,10H,8-9H2,1H3,(H,19,22)(H,20,21). The van der Waals surface area contributed by atoms with E-state index in [1.54, 1.807) is 37.3 Å². The number of aryl methyl sites for hydroxylation is 1. The molecule has 2 N–H and O–H groups in total. The van der Waals surface area contributed by atoms with Crippen molar-refractivity contribution >= 4 is 5.91 Å². The molecule has 1 amide bonds. The van der Waals surface area contributed by atoms with E-state index >= 15 is 0 Å². The molecule has 0 atom stereocenters. The topological polar surface area (TPSA) is 70.9 Å². The van der Waals surface area contributed by atoms with Crippen LogP contribution in [0.2, 0.25) is 0 Å². The number of aromatic amines is 1. The van der Waals surface area contributed by atoms with Gasteiger partial charge in [0.15, 0.2) is 5.76 Å². The summed E-state index contributed by atoms with van der Waals surface area (Å²) in [7, 11) is 0. The molecule has 0 saturated heterocycles. The van der Waals surface area contributed by atoms with Crippen LogP contribution < -0.4 is 5.32 Å². The Hall–Kier alpha value is -2.89. The smallest absolute Gasteiger partial charge is 0.255 e. The summed E-state index contributed by atoms with van der Waals surface area (Å²) in [6, 6.07) is 10.0. The number of carbonyl (C=O) groups is 1. The fourth-order valence-electron chi connectivity index (χ4n) is 2.40.